The summed E-state index contributed by atoms with van der Waals surface area (Å²) >= 11 is 0. The first-order chi connectivity index (χ1) is 8.16. The highest BCUT2D eigenvalue weighted by Gasteiger charge is 2.16. The van der Waals surface area contributed by atoms with E-state index in [0.29, 0.717) is 0 Å². The Morgan fingerprint density at radius 3 is 2.65 bits per heavy atom. The van der Waals surface area contributed by atoms with Gasteiger partial charge in [0.25, 0.3) is 0 Å². The third kappa shape index (κ3) is 3.28. The molecule has 2 N–H and O–H groups in total. The molecule has 0 bridgehead atoms. The Hall–Kier alpha value is -0.900. The number of rotatable bonds is 3. The van der Waals surface area contributed by atoms with Crippen molar-refractivity contribution in [1.82, 2.24) is 4.90 Å². The van der Waals surface area contributed by atoms with Gasteiger partial charge < -0.3 is 10.5 Å². The van der Waals surface area contributed by atoms with Gasteiger partial charge in [-0.05, 0) is 25.0 Å². The molecule has 1 aliphatic heterocycles. The lowest BCUT2D eigenvalue weighted by molar-refractivity contribution is 0.0352. The van der Waals surface area contributed by atoms with E-state index < -0.39 is 0 Å². The van der Waals surface area contributed by atoms with Crippen LogP contribution in [0.1, 0.15) is 22.7 Å². The molecule has 1 fully saturated rings. The monoisotopic (exact) mass is 234 g/mol. The van der Waals surface area contributed by atoms with E-state index in [9.17, 15) is 0 Å². The largest absolute Gasteiger partial charge is 0.379 e. The molecule has 0 amide bonds. The minimum absolute atomic E-state index is 0.105. The average molecular weight is 234 g/mol. The van der Waals surface area contributed by atoms with Gasteiger partial charge in [-0.2, -0.15) is 0 Å². The molecule has 0 spiro atoms. The highest BCUT2D eigenvalue weighted by Crippen LogP contribution is 2.18. The van der Waals surface area contributed by atoms with Gasteiger partial charge in [0.05, 0.1) is 13.2 Å². The maximum Gasteiger partial charge on any atom is 0.0594 e. The summed E-state index contributed by atoms with van der Waals surface area (Å²) in [7, 11) is 0. The van der Waals surface area contributed by atoms with E-state index in [4.69, 9.17) is 10.5 Å². The molecule has 2 rings (SSSR count). The van der Waals surface area contributed by atoms with Gasteiger partial charge in [-0.25, -0.2) is 0 Å². The molecule has 1 heterocycles. The van der Waals surface area contributed by atoms with Crippen LogP contribution in [-0.4, -0.2) is 37.7 Å². The highest BCUT2D eigenvalue weighted by molar-refractivity contribution is 5.32. The van der Waals surface area contributed by atoms with Crippen molar-refractivity contribution < 1.29 is 4.74 Å². The zero-order valence-corrected chi connectivity index (χ0v) is 10.8. The van der Waals surface area contributed by atoms with Crippen molar-refractivity contribution in [2.24, 2.45) is 5.73 Å². The Labute approximate surface area is 104 Å². The number of aryl methyl sites for hydroxylation is 2. The van der Waals surface area contributed by atoms with Gasteiger partial charge in [0.2, 0.25) is 0 Å². The van der Waals surface area contributed by atoms with Crippen molar-refractivity contribution in [3.8, 4) is 0 Å². The zero-order chi connectivity index (χ0) is 12.3. The number of morpholine rings is 1. The van der Waals surface area contributed by atoms with Crippen LogP contribution in [0.4, 0.5) is 0 Å². The Morgan fingerprint density at radius 1 is 1.29 bits per heavy atom. The van der Waals surface area contributed by atoms with Crippen molar-refractivity contribution >= 4 is 0 Å². The Morgan fingerprint density at radius 2 is 2.00 bits per heavy atom. The lowest BCUT2D eigenvalue weighted by Gasteiger charge is -2.29. The molecule has 17 heavy (non-hydrogen) atoms. The van der Waals surface area contributed by atoms with Crippen LogP contribution in [0.15, 0.2) is 18.2 Å². The number of ether oxygens (including phenoxy) is 1. The van der Waals surface area contributed by atoms with E-state index in [0.717, 1.165) is 32.8 Å². The van der Waals surface area contributed by atoms with E-state index in [1.807, 2.05) is 0 Å². The summed E-state index contributed by atoms with van der Waals surface area (Å²) in [5.74, 6) is 0. The van der Waals surface area contributed by atoms with Crippen LogP contribution in [0.25, 0.3) is 0 Å². The van der Waals surface area contributed by atoms with Crippen LogP contribution in [0, 0.1) is 13.8 Å². The van der Waals surface area contributed by atoms with Crippen molar-refractivity contribution in [3.05, 3.63) is 34.9 Å². The van der Waals surface area contributed by atoms with E-state index >= 15 is 0 Å². The molecule has 3 heteroatoms. The number of nitrogens with two attached hydrogens (primary N) is 1. The predicted molar refractivity (Wildman–Crippen MR) is 70.1 cm³/mol. The van der Waals surface area contributed by atoms with E-state index in [1.165, 1.54) is 16.7 Å². The van der Waals surface area contributed by atoms with Gasteiger partial charge in [0.1, 0.15) is 0 Å². The Balaban J connectivity index is 2.00. The van der Waals surface area contributed by atoms with Crippen LogP contribution in [-0.2, 0) is 4.74 Å². The minimum atomic E-state index is 0.105. The third-order valence-corrected chi connectivity index (χ3v) is 3.38. The number of benzene rings is 1. The summed E-state index contributed by atoms with van der Waals surface area (Å²) in [5.41, 5.74) is 10.2. The molecule has 94 valence electrons. The summed E-state index contributed by atoms with van der Waals surface area (Å²) < 4.78 is 5.34. The second-order valence-corrected chi connectivity index (χ2v) is 4.88. The number of hydrogen-bond acceptors (Lipinski definition) is 3. The summed E-state index contributed by atoms with van der Waals surface area (Å²) in [6.45, 7) is 8.84. The molecule has 1 aromatic rings. The molecule has 0 aromatic heterocycles. The molecule has 3 nitrogen and oxygen atoms in total. The molecule has 1 saturated heterocycles. The maximum atomic E-state index is 6.29. The van der Waals surface area contributed by atoms with Gasteiger partial charge in [-0.3, -0.25) is 4.90 Å². The molecular formula is C14H22N2O. The first kappa shape index (κ1) is 12.6. The zero-order valence-electron chi connectivity index (χ0n) is 10.8. The smallest absolute Gasteiger partial charge is 0.0594 e. The molecule has 1 atom stereocenters. The fourth-order valence-corrected chi connectivity index (χ4v) is 2.40. The van der Waals surface area contributed by atoms with Crippen molar-refractivity contribution in [2.45, 2.75) is 19.9 Å². The molecule has 1 unspecified atom stereocenters. The normalized spacial score (nSPS) is 19.2. The summed E-state index contributed by atoms with van der Waals surface area (Å²) in [5, 5.41) is 0. The third-order valence-electron chi connectivity index (χ3n) is 3.38. The van der Waals surface area contributed by atoms with Gasteiger partial charge in [-0.1, -0.05) is 23.8 Å². The molecule has 1 aromatic carbocycles. The van der Waals surface area contributed by atoms with Crippen LogP contribution in [0.2, 0.25) is 0 Å². The van der Waals surface area contributed by atoms with Crippen molar-refractivity contribution in [2.75, 3.05) is 32.8 Å². The SMILES string of the molecule is Cc1ccc(C(N)CN2CCOCC2)c(C)c1. The summed E-state index contributed by atoms with van der Waals surface area (Å²) in [4.78, 5) is 2.38. The van der Waals surface area contributed by atoms with Gasteiger partial charge in [0, 0.05) is 25.7 Å². The van der Waals surface area contributed by atoms with Crippen LogP contribution >= 0.6 is 0 Å². The van der Waals surface area contributed by atoms with Crippen LogP contribution in [0.5, 0.6) is 0 Å². The van der Waals surface area contributed by atoms with Crippen LogP contribution < -0.4 is 5.73 Å². The van der Waals surface area contributed by atoms with Gasteiger partial charge >= 0.3 is 0 Å². The van der Waals surface area contributed by atoms with Crippen LogP contribution in [0.3, 0.4) is 0 Å². The standard InChI is InChI=1S/C14H22N2O/c1-11-3-4-13(12(2)9-11)14(15)10-16-5-7-17-8-6-16/h3-4,9,14H,5-8,10,15H2,1-2H3. The van der Waals surface area contributed by atoms with Crippen molar-refractivity contribution in [1.29, 1.82) is 0 Å². The first-order valence-corrected chi connectivity index (χ1v) is 6.29. The summed E-state index contributed by atoms with van der Waals surface area (Å²) in [6, 6.07) is 6.61. The van der Waals surface area contributed by atoms with E-state index in [2.05, 4.69) is 36.9 Å². The molecular weight excluding hydrogens is 212 g/mol. The second-order valence-electron chi connectivity index (χ2n) is 4.88. The van der Waals surface area contributed by atoms with Gasteiger partial charge in [-0.15, -0.1) is 0 Å². The molecule has 0 aliphatic carbocycles. The van der Waals surface area contributed by atoms with Gasteiger partial charge in [0.15, 0.2) is 0 Å². The summed E-state index contributed by atoms with van der Waals surface area (Å²) in [6.07, 6.45) is 0. The second kappa shape index (κ2) is 5.63. The van der Waals surface area contributed by atoms with E-state index in [-0.39, 0.29) is 6.04 Å². The van der Waals surface area contributed by atoms with E-state index in [1.54, 1.807) is 0 Å². The first-order valence-electron chi connectivity index (χ1n) is 6.29. The lowest BCUT2D eigenvalue weighted by Crippen LogP contribution is -2.40. The predicted octanol–water partition coefficient (Wildman–Crippen LogP) is 1.64. The fourth-order valence-electron chi connectivity index (χ4n) is 2.40. The molecule has 0 saturated carbocycles. The molecule has 1 aliphatic rings. The fraction of sp³-hybridized carbons (Fsp3) is 0.571. The minimum Gasteiger partial charge on any atom is -0.379 e. The topological polar surface area (TPSA) is 38.5 Å². The highest BCUT2D eigenvalue weighted by atomic mass is 16.5. The maximum absolute atomic E-state index is 6.29. The number of nitrogens with zero attached hydrogens (tertiary/aromatic N) is 1. The quantitative estimate of drug-likeness (QED) is 0.864. The average Bonchev–Trinajstić information content (AvgIpc) is 2.30. The molecule has 0 radical (unpaired) electrons. The lowest BCUT2D eigenvalue weighted by atomic mass is 9.99. The number of hydrogen-bond donors (Lipinski definition) is 1. The Kier molecular flexibility index (Phi) is 4.15. The van der Waals surface area contributed by atoms with Crippen molar-refractivity contribution in [3.63, 3.8) is 0 Å². The Bertz CT molecular complexity index is 372.